The van der Waals surface area contributed by atoms with Crippen LogP contribution in [0, 0.1) is 0 Å². The van der Waals surface area contributed by atoms with Crippen LogP contribution in [0.25, 0.3) is 16.9 Å². The molecule has 1 aliphatic rings. The molecule has 0 aliphatic carbocycles. The van der Waals surface area contributed by atoms with Crippen LogP contribution in [0.5, 0.6) is 0 Å². The van der Waals surface area contributed by atoms with Gasteiger partial charge in [-0.15, -0.1) is 0 Å². The highest BCUT2D eigenvalue weighted by atomic mass is 16.5. The topological polar surface area (TPSA) is 81.8 Å². The molecule has 0 atom stereocenters. The number of aromatic nitrogens is 4. The van der Waals surface area contributed by atoms with Crippen molar-refractivity contribution < 1.29 is 14.3 Å². The number of rotatable bonds is 5. The first-order chi connectivity index (χ1) is 13.3. The third-order valence-electron chi connectivity index (χ3n) is 4.66. The second-order valence-corrected chi connectivity index (χ2v) is 6.33. The zero-order valence-electron chi connectivity index (χ0n) is 15.2. The second kappa shape index (κ2) is 7.81. The van der Waals surface area contributed by atoms with Crippen molar-refractivity contribution in [3.8, 4) is 11.3 Å². The van der Waals surface area contributed by atoms with Gasteiger partial charge in [0.15, 0.2) is 11.5 Å². The van der Waals surface area contributed by atoms with Crippen molar-refractivity contribution in [3.05, 3.63) is 48.0 Å². The molecule has 0 bridgehead atoms. The number of morpholine rings is 1. The van der Waals surface area contributed by atoms with Crippen LogP contribution >= 0.6 is 0 Å². The van der Waals surface area contributed by atoms with Crippen molar-refractivity contribution in [1.29, 1.82) is 0 Å². The fourth-order valence-electron chi connectivity index (χ4n) is 3.20. The van der Waals surface area contributed by atoms with Gasteiger partial charge in [-0.05, 0) is 24.3 Å². The van der Waals surface area contributed by atoms with Gasteiger partial charge in [-0.1, -0.05) is 0 Å². The second-order valence-electron chi connectivity index (χ2n) is 6.33. The lowest BCUT2D eigenvalue weighted by molar-refractivity contribution is 0.0382. The molecule has 0 N–H and O–H groups in total. The number of nitrogens with zero attached hydrogens (tertiary/aromatic N) is 5. The zero-order valence-corrected chi connectivity index (χ0v) is 15.2. The summed E-state index contributed by atoms with van der Waals surface area (Å²) in [5, 5.41) is 4.67. The van der Waals surface area contributed by atoms with E-state index >= 15 is 0 Å². The summed E-state index contributed by atoms with van der Waals surface area (Å²) in [6.07, 6.45) is 4.16. The molecule has 3 aromatic heterocycles. The predicted octanol–water partition coefficient (Wildman–Crippen LogP) is 1.45. The van der Waals surface area contributed by atoms with Crippen LogP contribution in [0.2, 0.25) is 0 Å². The van der Waals surface area contributed by atoms with E-state index in [1.54, 1.807) is 23.0 Å². The number of carbonyl (C=O) groups excluding carboxylic acids is 1. The molecule has 1 aliphatic heterocycles. The van der Waals surface area contributed by atoms with Crippen LogP contribution < -0.4 is 0 Å². The number of pyridine rings is 2. The molecule has 0 spiro atoms. The molecule has 0 unspecified atom stereocenters. The summed E-state index contributed by atoms with van der Waals surface area (Å²) >= 11 is 0. The Morgan fingerprint density at radius 1 is 1.19 bits per heavy atom. The predicted molar refractivity (Wildman–Crippen MR) is 98.5 cm³/mol. The molecule has 0 aromatic carbocycles. The van der Waals surface area contributed by atoms with E-state index in [0.29, 0.717) is 23.5 Å². The Labute approximate surface area is 156 Å². The van der Waals surface area contributed by atoms with E-state index in [-0.39, 0.29) is 0 Å². The van der Waals surface area contributed by atoms with Gasteiger partial charge in [0.1, 0.15) is 5.56 Å². The molecule has 4 rings (SSSR count). The SMILES string of the molecule is COC(=O)c1ccc(-c2ccncc2)n2nc(CCN3CCOCC3)nc12. The normalized spacial score (nSPS) is 15.1. The van der Waals surface area contributed by atoms with Crippen molar-refractivity contribution in [2.24, 2.45) is 0 Å². The van der Waals surface area contributed by atoms with E-state index in [9.17, 15) is 4.79 Å². The number of hydrogen-bond donors (Lipinski definition) is 0. The first kappa shape index (κ1) is 17.6. The van der Waals surface area contributed by atoms with Gasteiger partial charge in [-0.3, -0.25) is 9.88 Å². The van der Waals surface area contributed by atoms with Crippen molar-refractivity contribution in [2.45, 2.75) is 6.42 Å². The van der Waals surface area contributed by atoms with E-state index in [1.165, 1.54) is 7.11 Å². The molecule has 1 fully saturated rings. The fourth-order valence-corrected chi connectivity index (χ4v) is 3.20. The maximum atomic E-state index is 12.2. The van der Waals surface area contributed by atoms with Crippen molar-refractivity contribution in [1.82, 2.24) is 24.5 Å². The zero-order chi connectivity index (χ0) is 18.6. The average Bonchev–Trinajstić information content (AvgIpc) is 3.16. The van der Waals surface area contributed by atoms with Gasteiger partial charge < -0.3 is 9.47 Å². The van der Waals surface area contributed by atoms with Crippen LogP contribution in [0.4, 0.5) is 0 Å². The Kier molecular flexibility index (Phi) is 5.08. The van der Waals surface area contributed by atoms with Crippen LogP contribution in [0.3, 0.4) is 0 Å². The molecule has 4 heterocycles. The lowest BCUT2D eigenvalue weighted by Gasteiger charge is -2.25. The molecule has 140 valence electrons. The average molecular weight is 367 g/mol. The maximum absolute atomic E-state index is 12.2. The molecule has 27 heavy (non-hydrogen) atoms. The monoisotopic (exact) mass is 367 g/mol. The smallest absolute Gasteiger partial charge is 0.341 e. The first-order valence-corrected chi connectivity index (χ1v) is 8.94. The van der Waals surface area contributed by atoms with E-state index in [4.69, 9.17) is 9.47 Å². The number of hydrogen-bond acceptors (Lipinski definition) is 7. The number of methoxy groups -OCH3 is 1. The molecule has 0 saturated carbocycles. The van der Waals surface area contributed by atoms with Gasteiger partial charge in [0.2, 0.25) is 0 Å². The summed E-state index contributed by atoms with van der Waals surface area (Å²) in [5.74, 6) is 0.279. The van der Waals surface area contributed by atoms with E-state index in [1.807, 2.05) is 18.2 Å². The molecule has 0 amide bonds. The minimum atomic E-state index is -0.423. The lowest BCUT2D eigenvalue weighted by Crippen LogP contribution is -2.37. The fraction of sp³-hybridized carbons (Fsp3) is 0.368. The largest absolute Gasteiger partial charge is 0.465 e. The Morgan fingerprint density at radius 3 is 2.70 bits per heavy atom. The highest BCUT2D eigenvalue weighted by molar-refractivity contribution is 5.96. The maximum Gasteiger partial charge on any atom is 0.341 e. The summed E-state index contributed by atoms with van der Waals surface area (Å²) in [6.45, 7) is 4.22. The minimum absolute atomic E-state index is 0.403. The van der Waals surface area contributed by atoms with Crippen molar-refractivity contribution in [3.63, 3.8) is 0 Å². The highest BCUT2D eigenvalue weighted by Crippen LogP contribution is 2.22. The lowest BCUT2D eigenvalue weighted by atomic mass is 10.1. The Morgan fingerprint density at radius 2 is 1.96 bits per heavy atom. The Balaban J connectivity index is 1.70. The number of ether oxygens (including phenoxy) is 2. The first-order valence-electron chi connectivity index (χ1n) is 8.94. The van der Waals surface area contributed by atoms with Gasteiger partial charge in [-0.25, -0.2) is 14.3 Å². The third kappa shape index (κ3) is 3.67. The Hall–Kier alpha value is -2.84. The molecule has 8 heteroatoms. The van der Waals surface area contributed by atoms with Crippen LogP contribution in [0.15, 0.2) is 36.7 Å². The third-order valence-corrected chi connectivity index (χ3v) is 4.66. The summed E-state index contributed by atoms with van der Waals surface area (Å²) in [5.41, 5.74) is 2.72. The van der Waals surface area contributed by atoms with Crippen LogP contribution in [0.1, 0.15) is 16.2 Å². The van der Waals surface area contributed by atoms with Gasteiger partial charge in [0.05, 0.1) is 26.0 Å². The number of esters is 1. The quantitative estimate of drug-likeness (QED) is 0.631. The van der Waals surface area contributed by atoms with Gasteiger partial charge >= 0.3 is 5.97 Å². The molecular formula is C19H21N5O3. The minimum Gasteiger partial charge on any atom is -0.465 e. The number of carbonyl (C=O) groups is 1. The van der Waals surface area contributed by atoms with Gasteiger partial charge in [0.25, 0.3) is 0 Å². The highest BCUT2D eigenvalue weighted by Gasteiger charge is 2.19. The van der Waals surface area contributed by atoms with Crippen LogP contribution in [-0.2, 0) is 15.9 Å². The standard InChI is InChI=1S/C19H21N5O3/c1-26-19(25)15-2-3-16(14-4-7-20-8-5-14)24-18(15)21-17(22-24)6-9-23-10-12-27-13-11-23/h2-5,7-8H,6,9-13H2,1H3. The van der Waals surface area contributed by atoms with Crippen molar-refractivity contribution in [2.75, 3.05) is 40.0 Å². The molecule has 0 radical (unpaired) electrons. The van der Waals surface area contributed by atoms with E-state index in [0.717, 1.165) is 44.1 Å². The number of fused-ring (bicyclic) bond motifs is 1. The van der Waals surface area contributed by atoms with Crippen molar-refractivity contribution >= 4 is 11.6 Å². The summed E-state index contributed by atoms with van der Waals surface area (Å²) < 4.78 is 12.0. The molecular weight excluding hydrogens is 346 g/mol. The summed E-state index contributed by atoms with van der Waals surface area (Å²) in [7, 11) is 1.37. The van der Waals surface area contributed by atoms with Crippen LogP contribution in [-0.4, -0.2) is 70.4 Å². The molecule has 8 nitrogen and oxygen atoms in total. The summed E-state index contributed by atoms with van der Waals surface area (Å²) in [6, 6.07) is 7.40. The van der Waals surface area contributed by atoms with E-state index < -0.39 is 5.97 Å². The van der Waals surface area contributed by atoms with Gasteiger partial charge in [0, 0.05) is 44.0 Å². The molecule has 3 aromatic rings. The molecule has 1 saturated heterocycles. The van der Waals surface area contributed by atoms with Gasteiger partial charge in [-0.2, -0.15) is 5.10 Å². The summed E-state index contributed by atoms with van der Waals surface area (Å²) in [4.78, 5) is 23.2. The van der Waals surface area contributed by atoms with E-state index in [2.05, 4.69) is 20.0 Å². The Bertz CT molecular complexity index is 935.